The number of anilines is 1. The van der Waals surface area contributed by atoms with Gasteiger partial charge < -0.3 is 10.6 Å². The van der Waals surface area contributed by atoms with Crippen molar-refractivity contribution in [3.8, 4) is 5.69 Å². The molecule has 0 atom stereocenters. The molecule has 0 saturated carbocycles. The molecule has 0 spiro atoms. The van der Waals surface area contributed by atoms with Gasteiger partial charge in [-0.1, -0.05) is 23.7 Å². The number of rotatable bonds is 5. The molecular weight excluding hydrogens is 454 g/mol. The number of hydrogen-bond donors (Lipinski definition) is 2. The van der Waals surface area contributed by atoms with Crippen LogP contribution in [0.4, 0.5) is 5.82 Å². The second-order valence-corrected chi connectivity index (χ2v) is 9.61. The third-order valence-corrected chi connectivity index (χ3v) is 6.94. The van der Waals surface area contributed by atoms with Crippen LogP contribution >= 0.6 is 11.6 Å². The molecule has 166 valence electrons. The highest BCUT2D eigenvalue weighted by Crippen LogP contribution is 2.22. The van der Waals surface area contributed by atoms with Gasteiger partial charge in [0.05, 0.1) is 22.8 Å². The zero-order chi connectivity index (χ0) is 22.9. The Hall–Kier alpha value is -3.21. The van der Waals surface area contributed by atoms with Crippen LogP contribution in [0.15, 0.2) is 59.5 Å². The third-order valence-electron chi connectivity index (χ3n) is 4.86. The number of benzene rings is 2. The van der Waals surface area contributed by atoms with Gasteiger partial charge in [-0.2, -0.15) is 9.40 Å². The number of piperazine rings is 1. The van der Waals surface area contributed by atoms with Crippen molar-refractivity contribution in [3.63, 3.8) is 0 Å². The summed E-state index contributed by atoms with van der Waals surface area (Å²) in [6.45, 7) is 1.95. The van der Waals surface area contributed by atoms with Crippen LogP contribution in [0.3, 0.4) is 0 Å². The molecule has 1 saturated heterocycles. The maximum Gasteiger partial charge on any atom is 0.256 e. The molecule has 0 radical (unpaired) electrons. The molecule has 0 bridgehead atoms. The molecule has 4 rings (SSSR count). The summed E-state index contributed by atoms with van der Waals surface area (Å²) in [6.07, 6.45) is 0. The van der Waals surface area contributed by atoms with Gasteiger partial charge in [0, 0.05) is 29.7 Å². The summed E-state index contributed by atoms with van der Waals surface area (Å²) in [7, 11) is -3.92. The summed E-state index contributed by atoms with van der Waals surface area (Å²) in [6, 6.07) is 14.4. The monoisotopic (exact) mass is 473 g/mol. The van der Waals surface area contributed by atoms with Gasteiger partial charge in [0.2, 0.25) is 15.9 Å². The quantitative estimate of drug-likeness (QED) is 0.589. The molecule has 3 aromatic rings. The molecule has 9 nitrogen and oxygen atoms in total. The normalized spacial score (nSPS) is 14.8. The molecule has 2 aromatic carbocycles. The van der Waals surface area contributed by atoms with Crippen molar-refractivity contribution in [3.05, 3.63) is 70.9 Å². The number of sulfonamides is 1. The van der Waals surface area contributed by atoms with Crippen LogP contribution < -0.4 is 10.6 Å². The number of hydrogen-bond acceptors (Lipinski definition) is 5. The summed E-state index contributed by atoms with van der Waals surface area (Å²) in [4.78, 5) is 24.5. The Morgan fingerprint density at radius 1 is 1.16 bits per heavy atom. The minimum Gasteiger partial charge on any atom is -0.354 e. The number of halogens is 1. The average molecular weight is 474 g/mol. The fourth-order valence-electron chi connectivity index (χ4n) is 3.35. The molecule has 0 unspecified atom stereocenters. The smallest absolute Gasteiger partial charge is 0.256 e. The van der Waals surface area contributed by atoms with Crippen LogP contribution in [0.1, 0.15) is 16.1 Å². The van der Waals surface area contributed by atoms with E-state index in [4.69, 9.17) is 11.6 Å². The molecular formula is C21H20ClN5O4S. The van der Waals surface area contributed by atoms with Crippen LogP contribution in [-0.4, -0.2) is 54.0 Å². The lowest BCUT2D eigenvalue weighted by atomic mass is 10.2. The van der Waals surface area contributed by atoms with Crippen molar-refractivity contribution in [1.29, 1.82) is 0 Å². The Labute approximate surface area is 190 Å². The van der Waals surface area contributed by atoms with Crippen molar-refractivity contribution in [2.24, 2.45) is 0 Å². The van der Waals surface area contributed by atoms with E-state index in [1.807, 2.05) is 0 Å². The van der Waals surface area contributed by atoms with Crippen LogP contribution in [-0.2, 0) is 14.8 Å². The first-order chi connectivity index (χ1) is 15.2. The summed E-state index contributed by atoms with van der Waals surface area (Å²) in [5, 5.41) is 10.3. The lowest BCUT2D eigenvalue weighted by Crippen LogP contribution is -2.49. The van der Waals surface area contributed by atoms with Gasteiger partial charge in [0.25, 0.3) is 5.91 Å². The number of aryl methyl sites for hydroxylation is 1. The summed E-state index contributed by atoms with van der Waals surface area (Å²) in [5.74, 6) is -0.448. The van der Waals surface area contributed by atoms with E-state index in [0.29, 0.717) is 22.2 Å². The predicted octanol–water partition coefficient (Wildman–Crippen LogP) is 2.21. The Morgan fingerprint density at radius 3 is 2.69 bits per heavy atom. The number of carbonyl (C=O) groups excluding carboxylic acids is 2. The van der Waals surface area contributed by atoms with E-state index < -0.39 is 15.9 Å². The van der Waals surface area contributed by atoms with E-state index >= 15 is 0 Å². The first kappa shape index (κ1) is 22.0. The van der Waals surface area contributed by atoms with E-state index in [1.165, 1.54) is 24.3 Å². The predicted molar refractivity (Wildman–Crippen MR) is 119 cm³/mol. The van der Waals surface area contributed by atoms with E-state index in [-0.39, 0.29) is 36.0 Å². The fourth-order valence-corrected chi connectivity index (χ4v) is 4.98. The number of amides is 2. The Bertz CT molecular complexity index is 1310. The molecule has 1 fully saturated rings. The summed E-state index contributed by atoms with van der Waals surface area (Å²) >= 11 is 6.07. The van der Waals surface area contributed by atoms with E-state index in [0.717, 1.165) is 4.31 Å². The van der Waals surface area contributed by atoms with Crippen molar-refractivity contribution in [2.45, 2.75) is 11.8 Å². The highest BCUT2D eigenvalue weighted by molar-refractivity contribution is 7.89. The lowest BCUT2D eigenvalue weighted by molar-refractivity contribution is -0.122. The maximum absolute atomic E-state index is 12.9. The summed E-state index contributed by atoms with van der Waals surface area (Å²) < 4.78 is 28.5. The Morgan fingerprint density at radius 2 is 1.94 bits per heavy atom. The SMILES string of the molecule is Cc1cc(NC(=O)c2cccc(S(=O)(=O)N3CCNC(=O)C3)c2)n(-c2cccc(Cl)c2)n1. The molecule has 2 N–H and O–H groups in total. The maximum atomic E-state index is 12.9. The molecule has 0 aliphatic carbocycles. The number of carbonyl (C=O) groups is 2. The van der Waals surface area contributed by atoms with Crippen molar-refractivity contribution in [2.75, 3.05) is 25.0 Å². The van der Waals surface area contributed by atoms with Crippen molar-refractivity contribution < 1.29 is 18.0 Å². The topological polar surface area (TPSA) is 113 Å². The molecule has 11 heteroatoms. The minimum atomic E-state index is -3.92. The van der Waals surface area contributed by atoms with E-state index in [1.54, 1.807) is 41.9 Å². The Balaban J connectivity index is 1.60. The van der Waals surface area contributed by atoms with Gasteiger partial charge in [0.15, 0.2) is 0 Å². The highest BCUT2D eigenvalue weighted by Gasteiger charge is 2.29. The van der Waals surface area contributed by atoms with Gasteiger partial charge in [-0.3, -0.25) is 9.59 Å². The first-order valence-electron chi connectivity index (χ1n) is 9.75. The average Bonchev–Trinajstić information content (AvgIpc) is 3.14. The van der Waals surface area contributed by atoms with Gasteiger partial charge >= 0.3 is 0 Å². The Kier molecular flexibility index (Phi) is 6.00. The first-order valence-corrected chi connectivity index (χ1v) is 11.6. The van der Waals surface area contributed by atoms with Crippen molar-refractivity contribution in [1.82, 2.24) is 19.4 Å². The lowest BCUT2D eigenvalue weighted by Gasteiger charge is -2.26. The molecule has 2 heterocycles. The fraction of sp³-hybridized carbons (Fsp3) is 0.190. The molecule has 1 aliphatic rings. The second kappa shape index (κ2) is 8.73. The zero-order valence-electron chi connectivity index (χ0n) is 17.1. The van der Waals surface area contributed by atoms with Gasteiger partial charge in [-0.25, -0.2) is 13.1 Å². The second-order valence-electron chi connectivity index (χ2n) is 7.23. The zero-order valence-corrected chi connectivity index (χ0v) is 18.7. The van der Waals surface area contributed by atoms with Crippen LogP contribution in [0, 0.1) is 6.92 Å². The number of aromatic nitrogens is 2. The van der Waals surface area contributed by atoms with Crippen LogP contribution in [0.2, 0.25) is 5.02 Å². The van der Waals surface area contributed by atoms with Gasteiger partial charge in [-0.05, 0) is 43.3 Å². The molecule has 1 aromatic heterocycles. The minimum absolute atomic E-state index is 0.0561. The van der Waals surface area contributed by atoms with Gasteiger partial charge in [-0.15, -0.1) is 0 Å². The standard InChI is InChI=1S/C21H20ClN5O4S/c1-14-10-19(27(25-14)17-6-3-5-16(22)12-17)24-21(29)15-4-2-7-18(11-15)32(30,31)26-9-8-23-20(28)13-26/h2-7,10-12H,8-9,13H2,1H3,(H,23,28)(H,24,29). The molecule has 32 heavy (non-hydrogen) atoms. The van der Waals surface area contributed by atoms with Crippen LogP contribution in [0.25, 0.3) is 5.69 Å². The van der Waals surface area contributed by atoms with Crippen LogP contribution in [0.5, 0.6) is 0 Å². The molecule has 1 aliphatic heterocycles. The highest BCUT2D eigenvalue weighted by atomic mass is 35.5. The van der Waals surface area contributed by atoms with E-state index in [2.05, 4.69) is 15.7 Å². The summed E-state index contributed by atoms with van der Waals surface area (Å²) in [5.41, 5.74) is 1.50. The number of nitrogens with one attached hydrogen (secondary N) is 2. The van der Waals surface area contributed by atoms with Crippen molar-refractivity contribution >= 4 is 39.3 Å². The van der Waals surface area contributed by atoms with E-state index in [9.17, 15) is 18.0 Å². The largest absolute Gasteiger partial charge is 0.354 e. The van der Waals surface area contributed by atoms with Gasteiger partial charge in [0.1, 0.15) is 5.82 Å². The number of nitrogens with zero attached hydrogens (tertiary/aromatic N) is 3. The molecule has 2 amide bonds. The third kappa shape index (κ3) is 4.52.